The lowest BCUT2D eigenvalue weighted by Gasteiger charge is -2.27. The molecule has 0 fully saturated rings. The Labute approximate surface area is 161 Å². The topological polar surface area (TPSA) is 97.3 Å². The van der Waals surface area contributed by atoms with E-state index in [0.717, 1.165) is 13.0 Å². The second-order valence-corrected chi connectivity index (χ2v) is 5.76. The third-order valence-electron chi connectivity index (χ3n) is 3.43. The molecular formula is C16H33N7O4. The summed E-state index contributed by atoms with van der Waals surface area (Å²) in [5, 5.41) is 3.09. The Balaban J connectivity index is 3.38. The summed E-state index contributed by atoms with van der Waals surface area (Å²) in [6.45, 7) is 4.63. The fourth-order valence-electron chi connectivity index (χ4n) is 2.40. The van der Waals surface area contributed by atoms with Crippen molar-refractivity contribution in [3.05, 3.63) is 0 Å². The van der Waals surface area contributed by atoms with E-state index in [0.29, 0.717) is 38.0 Å². The van der Waals surface area contributed by atoms with Crippen LogP contribution in [0.25, 0.3) is 0 Å². The molecule has 0 aliphatic rings. The molecule has 1 rings (SSSR count). The maximum Gasteiger partial charge on any atom is 0.235 e. The van der Waals surface area contributed by atoms with Crippen molar-refractivity contribution in [2.24, 2.45) is 0 Å². The average Bonchev–Trinajstić information content (AvgIpc) is 2.67. The van der Waals surface area contributed by atoms with Gasteiger partial charge in [0.15, 0.2) is 0 Å². The zero-order valence-corrected chi connectivity index (χ0v) is 17.3. The first-order chi connectivity index (χ1) is 13.1. The van der Waals surface area contributed by atoms with Gasteiger partial charge in [0.05, 0.1) is 6.67 Å². The number of nitrogens with zero attached hydrogens (tertiary/aromatic N) is 6. The predicted molar refractivity (Wildman–Crippen MR) is 104 cm³/mol. The zero-order chi connectivity index (χ0) is 20.1. The molecule has 11 heteroatoms. The van der Waals surface area contributed by atoms with Gasteiger partial charge in [-0.3, -0.25) is 4.90 Å². The number of anilines is 3. The Hall–Kier alpha value is -1.79. The van der Waals surface area contributed by atoms with Gasteiger partial charge in [-0.1, -0.05) is 6.92 Å². The molecule has 0 unspecified atom stereocenters. The van der Waals surface area contributed by atoms with Crippen molar-refractivity contribution in [1.82, 2.24) is 20.3 Å². The quantitative estimate of drug-likeness (QED) is 0.421. The Morgan fingerprint density at radius 1 is 0.704 bits per heavy atom. The highest BCUT2D eigenvalue weighted by Gasteiger charge is 2.20. The van der Waals surface area contributed by atoms with Crippen molar-refractivity contribution >= 4 is 17.8 Å². The molecule has 1 aromatic heterocycles. The van der Waals surface area contributed by atoms with Crippen LogP contribution in [0.1, 0.15) is 13.3 Å². The summed E-state index contributed by atoms with van der Waals surface area (Å²) in [5.41, 5.74) is 0. The molecule has 0 saturated heterocycles. The summed E-state index contributed by atoms with van der Waals surface area (Å²) in [7, 11) is 8.34. The SMILES string of the molecule is CCCN(COC)c1nc(N(CNC)COC)nc(N(COC)COC)n1. The van der Waals surface area contributed by atoms with E-state index < -0.39 is 0 Å². The highest BCUT2D eigenvalue weighted by atomic mass is 16.5. The summed E-state index contributed by atoms with van der Waals surface area (Å²) in [5.74, 6) is 1.46. The Morgan fingerprint density at radius 2 is 1.11 bits per heavy atom. The molecule has 0 saturated carbocycles. The Morgan fingerprint density at radius 3 is 1.56 bits per heavy atom. The van der Waals surface area contributed by atoms with Crippen molar-refractivity contribution in [2.45, 2.75) is 13.3 Å². The molecule has 0 atom stereocenters. The van der Waals surface area contributed by atoms with E-state index >= 15 is 0 Å². The van der Waals surface area contributed by atoms with Crippen LogP contribution < -0.4 is 20.0 Å². The Bertz CT molecular complexity index is 422. The largest absolute Gasteiger partial charge is 0.364 e. The number of hydrogen-bond donors (Lipinski definition) is 1. The summed E-state index contributed by atoms with van der Waals surface area (Å²) >= 11 is 0. The van der Waals surface area contributed by atoms with Crippen LogP contribution in [0.4, 0.5) is 17.8 Å². The minimum Gasteiger partial charge on any atom is -0.364 e. The van der Waals surface area contributed by atoms with E-state index in [-0.39, 0.29) is 13.5 Å². The number of hydrogen-bond acceptors (Lipinski definition) is 11. The molecule has 0 radical (unpaired) electrons. The van der Waals surface area contributed by atoms with Crippen molar-refractivity contribution in [3.63, 3.8) is 0 Å². The van der Waals surface area contributed by atoms with E-state index in [1.54, 1.807) is 33.3 Å². The molecule has 156 valence electrons. The van der Waals surface area contributed by atoms with Crippen LogP contribution >= 0.6 is 0 Å². The summed E-state index contributed by atoms with van der Waals surface area (Å²) in [4.78, 5) is 19.4. The fraction of sp³-hybridized carbons (Fsp3) is 0.812. The third kappa shape index (κ3) is 7.39. The molecule has 0 bridgehead atoms. The smallest absolute Gasteiger partial charge is 0.235 e. The van der Waals surface area contributed by atoms with E-state index in [1.807, 2.05) is 16.8 Å². The number of methoxy groups -OCH3 is 4. The van der Waals surface area contributed by atoms with Crippen LogP contribution in [-0.2, 0) is 18.9 Å². The first-order valence-electron chi connectivity index (χ1n) is 8.76. The molecule has 0 amide bonds. The van der Waals surface area contributed by atoms with E-state index in [9.17, 15) is 0 Å². The standard InChI is InChI=1S/C16H33N7O4/c1-7-8-21(10-24-3)14-18-15(22(9-17-2)11-25-4)20-16(19-14)23(12-26-5)13-27-6/h17H,7-13H2,1-6H3. The third-order valence-corrected chi connectivity index (χ3v) is 3.43. The van der Waals surface area contributed by atoms with Crippen LogP contribution in [0.15, 0.2) is 0 Å². The molecule has 0 aromatic carbocycles. The fourth-order valence-corrected chi connectivity index (χ4v) is 2.40. The molecule has 1 heterocycles. The lowest BCUT2D eigenvalue weighted by Crippen LogP contribution is -2.38. The van der Waals surface area contributed by atoms with Crippen LogP contribution in [-0.4, -0.2) is 90.6 Å². The number of ether oxygens (including phenoxy) is 4. The minimum atomic E-state index is 0.283. The monoisotopic (exact) mass is 387 g/mol. The van der Waals surface area contributed by atoms with Gasteiger partial charge < -0.3 is 34.1 Å². The maximum atomic E-state index is 5.31. The van der Waals surface area contributed by atoms with Crippen molar-refractivity contribution < 1.29 is 18.9 Å². The van der Waals surface area contributed by atoms with Gasteiger partial charge in [0, 0.05) is 35.0 Å². The van der Waals surface area contributed by atoms with Crippen LogP contribution in [0.5, 0.6) is 0 Å². The zero-order valence-electron chi connectivity index (χ0n) is 17.3. The molecule has 11 nitrogen and oxygen atoms in total. The van der Waals surface area contributed by atoms with Gasteiger partial charge in [-0.15, -0.1) is 0 Å². The summed E-state index contributed by atoms with van der Waals surface area (Å²) in [6.07, 6.45) is 0.928. The molecule has 1 N–H and O–H groups in total. The van der Waals surface area contributed by atoms with Crippen LogP contribution in [0.3, 0.4) is 0 Å². The molecule has 0 aliphatic carbocycles. The molecule has 0 spiro atoms. The number of rotatable bonds is 15. The number of aromatic nitrogens is 3. The molecular weight excluding hydrogens is 354 g/mol. The molecule has 1 aromatic rings. The predicted octanol–water partition coefficient (Wildman–Crippen LogP) is 0.293. The van der Waals surface area contributed by atoms with E-state index in [1.165, 1.54) is 0 Å². The van der Waals surface area contributed by atoms with Gasteiger partial charge in [0.25, 0.3) is 0 Å². The van der Waals surface area contributed by atoms with Crippen molar-refractivity contribution in [1.29, 1.82) is 0 Å². The molecule has 27 heavy (non-hydrogen) atoms. The van der Waals surface area contributed by atoms with Crippen LogP contribution in [0, 0.1) is 0 Å². The van der Waals surface area contributed by atoms with Crippen LogP contribution in [0.2, 0.25) is 0 Å². The van der Waals surface area contributed by atoms with Gasteiger partial charge in [-0.05, 0) is 13.5 Å². The van der Waals surface area contributed by atoms with Crippen molar-refractivity contribution in [3.8, 4) is 0 Å². The number of nitrogens with one attached hydrogen (secondary N) is 1. The highest BCUT2D eigenvalue weighted by molar-refractivity contribution is 5.46. The molecule has 0 aliphatic heterocycles. The van der Waals surface area contributed by atoms with Gasteiger partial charge in [0.1, 0.15) is 26.9 Å². The van der Waals surface area contributed by atoms with Gasteiger partial charge in [-0.25, -0.2) is 0 Å². The first-order valence-corrected chi connectivity index (χ1v) is 8.76. The summed E-state index contributed by atoms with van der Waals surface area (Å²) in [6, 6.07) is 0. The Kier molecular flexibility index (Phi) is 11.5. The van der Waals surface area contributed by atoms with E-state index in [4.69, 9.17) is 18.9 Å². The van der Waals surface area contributed by atoms with Gasteiger partial charge in [0.2, 0.25) is 17.8 Å². The maximum absolute atomic E-state index is 5.31. The first kappa shape index (κ1) is 23.2. The lowest BCUT2D eigenvalue weighted by atomic mass is 10.4. The van der Waals surface area contributed by atoms with Gasteiger partial charge in [-0.2, -0.15) is 15.0 Å². The minimum absolute atomic E-state index is 0.283. The lowest BCUT2D eigenvalue weighted by molar-refractivity contribution is 0.138. The van der Waals surface area contributed by atoms with Crippen molar-refractivity contribution in [2.75, 3.05) is 90.3 Å². The second-order valence-electron chi connectivity index (χ2n) is 5.76. The van der Waals surface area contributed by atoms with E-state index in [2.05, 4.69) is 27.2 Å². The highest BCUT2D eigenvalue weighted by Crippen LogP contribution is 2.19. The normalized spacial score (nSPS) is 10.9. The summed E-state index contributed by atoms with van der Waals surface area (Å²) < 4.78 is 21.1. The second kappa shape index (κ2) is 13.4. The van der Waals surface area contributed by atoms with Gasteiger partial charge >= 0.3 is 0 Å². The average molecular weight is 387 g/mol.